The van der Waals surface area contributed by atoms with E-state index in [4.69, 9.17) is 17.3 Å². The molecule has 1 rings (SSSR count). The third kappa shape index (κ3) is 2.17. The lowest BCUT2D eigenvalue weighted by atomic mass is 10.1. The van der Waals surface area contributed by atoms with E-state index in [0.717, 1.165) is 11.3 Å². The maximum Gasteiger partial charge on any atom is 0.0594 e. The number of rotatable bonds is 2. The van der Waals surface area contributed by atoms with Gasteiger partial charge in [-0.15, -0.1) is 0 Å². The molecule has 14 heavy (non-hydrogen) atoms. The molecule has 0 spiro atoms. The molecule has 0 aliphatic heterocycles. The third-order valence-electron chi connectivity index (χ3n) is 2.12. The highest BCUT2D eigenvalue weighted by molar-refractivity contribution is 5.67. The van der Waals surface area contributed by atoms with Gasteiger partial charge in [0.15, 0.2) is 0 Å². The van der Waals surface area contributed by atoms with Crippen molar-refractivity contribution in [2.24, 2.45) is 11.6 Å². The Bertz CT molecular complexity index is 355. The summed E-state index contributed by atoms with van der Waals surface area (Å²) in [6, 6.07) is 7.40. The lowest BCUT2D eigenvalue weighted by Crippen LogP contribution is -2.26. The van der Waals surface area contributed by atoms with Gasteiger partial charge in [-0.3, -0.25) is 0 Å². The van der Waals surface area contributed by atoms with Gasteiger partial charge in [0.05, 0.1) is 5.70 Å². The zero-order valence-corrected chi connectivity index (χ0v) is 8.49. The van der Waals surface area contributed by atoms with E-state index in [1.54, 1.807) is 7.05 Å². The average molecular weight is 192 g/mol. The maximum absolute atomic E-state index is 5.91. The van der Waals surface area contributed by atoms with Crippen molar-refractivity contribution in [2.75, 3.05) is 12.8 Å². The second-order valence-corrected chi connectivity index (χ2v) is 3.24. The monoisotopic (exact) mass is 192 g/mol. The van der Waals surface area contributed by atoms with Crippen LogP contribution < -0.4 is 17.3 Å². The lowest BCUT2D eigenvalue weighted by Gasteiger charge is -2.15. The summed E-state index contributed by atoms with van der Waals surface area (Å²) >= 11 is 0. The summed E-state index contributed by atoms with van der Waals surface area (Å²) in [5.41, 5.74) is 14.6. The molecule has 4 nitrogen and oxygen atoms in total. The first-order valence-corrected chi connectivity index (χ1v) is 4.33. The van der Waals surface area contributed by atoms with Crippen LogP contribution in [-0.2, 0) is 0 Å². The van der Waals surface area contributed by atoms with E-state index in [1.165, 1.54) is 5.01 Å². The molecule has 0 aromatic heterocycles. The normalized spacial score (nSPS) is 12.2. The molecule has 0 unspecified atom stereocenters. The SMILES string of the molecule is C/C(=C(/N)c1cccc(N)c1)N(C)N. The Balaban J connectivity index is 3.11. The van der Waals surface area contributed by atoms with Crippen molar-refractivity contribution >= 4 is 11.4 Å². The van der Waals surface area contributed by atoms with Gasteiger partial charge in [-0.2, -0.15) is 0 Å². The predicted octanol–water partition coefficient (Wildman–Crippen LogP) is 0.722. The number of nitrogens with two attached hydrogens (primary N) is 3. The molecule has 6 N–H and O–H groups in total. The van der Waals surface area contributed by atoms with Gasteiger partial charge >= 0.3 is 0 Å². The minimum atomic E-state index is 0.641. The Kier molecular flexibility index (Phi) is 2.99. The Hall–Kier alpha value is -1.68. The van der Waals surface area contributed by atoms with Crippen molar-refractivity contribution in [1.82, 2.24) is 5.01 Å². The van der Waals surface area contributed by atoms with Crippen LogP contribution in [0.25, 0.3) is 5.70 Å². The molecule has 0 aliphatic rings. The topological polar surface area (TPSA) is 81.3 Å². The number of allylic oxidation sites excluding steroid dienone is 1. The second kappa shape index (κ2) is 4.02. The Labute approximate surface area is 84.0 Å². The van der Waals surface area contributed by atoms with Crippen molar-refractivity contribution in [2.45, 2.75) is 6.92 Å². The average Bonchev–Trinajstić information content (AvgIpc) is 2.15. The van der Waals surface area contributed by atoms with Gasteiger partial charge in [0.2, 0.25) is 0 Å². The molecule has 76 valence electrons. The van der Waals surface area contributed by atoms with Gasteiger partial charge < -0.3 is 16.5 Å². The molecule has 4 heteroatoms. The van der Waals surface area contributed by atoms with E-state index in [-0.39, 0.29) is 0 Å². The smallest absolute Gasteiger partial charge is 0.0594 e. The molecule has 0 saturated heterocycles. The summed E-state index contributed by atoms with van der Waals surface area (Å²) in [7, 11) is 1.74. The highest BCUT2D eigenvalue weighted by Gasteiger charge is 2.03. The van der Waals surface area contributed by atoms with Crippen LogP contribution in [-0.4, -0.2) is 12.1 Å². The minimum absolute atomic E-state index is 0.641. The molecule has 1 aromatic carbocycles. The van der Waals surface area contributed by atoms with Crippen LogP contribution in [0, 0.1) is 0 Å². The van der Waals surface area contributed by atoms with E-state index in [2.05, 4.69) is 0 Å². The standard InChI is InChI=1S/C10H16N4/c1-7(14(2)13)10(12)8-4-3-5-9(11)6-8/h3-6H,11-13H2,1-2H3/b10-7-. The number of hydrazine groups is 1. The fourth-order valence-electron chi connectivity index (χ4n) is 1.11. The van der Waals surface area contributed by atoms with Crippen molar-refractivity contribution in [3.05, 3.63) is 35.5 Å². The molecule has 1 aromatic rings. The zero-order chi connectivity index (χ0) is 10.7. The Morgan fingerprint density at radius 1 is 1.36 bits per heavy atom. The Morgan fingerprint density at radius 2 is 2.00 bits per heavy atom. The lowest BCUT2D eigenvalue weighted by molar-refractivity contribution is 0.443. The third-order valence-corrected chi connectivity index (χ3v) is 2.12. The predicted molar refractivity (Wildman–Crippen MR) is 59.6 cm³/mol. The number of hydrogen-bond acceptors (Lipinski definition) is 4. The maximum atomic E-state index is 5.91. The van der Waals surface area contributed by atoms with E-state index in [0.29, 0.717) is 11.4 Å². The molecule has 0 radical (unpaired) electrons. The molecule has 0 atom stereocenters. The highest BCUT2D eigenvalue weighted by atomic mass is 15.4. The van der Waals surface area contributed by atoms with Crippen LogP contribution in [0.1, 0.15) is 12.5 Å². The van der Waals surface area contributed by atoms with Crippen LogP contribution >= 0.6 is 0 Å². The van der Waals surface area contributed by atoms with Crippen LogP contribution in [0.3, 0.4) is 0 Å². The van der Waals surface area contributed by atoms with Crippen LogP contribution in [0.15, 0.2) is 30.0 Å². The molecule has 0 fully saturated rings. The van der Waals surface area contributed by atoms with Gasteiger partial charge in [-0.1, -0.05) is 12.1 Å². The highest BCUT2D eigenvalue weighted by Crippen LogP contribution is 2.16. The number of nitrogens with zero attached hydrogens (tertiary/aromatic N) is 1. The van der Waals surface area contributed by atoms with E-state index >= 15 is 0 Å². The summed E-state index contributed by atoms with van der Waals surface area (Å²) in [5, 5.41) is 1.48. The summed E-state index contributed by atoms with van der Waals surface area (Å²) < 4.78 is 0. The first-order valence-electron chi connectivity index (χ1n) is 4.33. The van der Waals surface area contributed by atoms with Crippen molar-refractivity contribution in [3.63, 3.8) is 0 Å². The molecule has 0 amide bonds. The van der Waals surface area contributed by atoms with Gasteiger partial charge in [0.25, 0.3) is 0 Å². The fraction of sp³-hybridized carbons (Fsp3) is 0.200. The first kappa shape index (κ1) is 10.4. The number of hydrogen-bond donors (Lipinski definition) is 3. The van der Waals surface area contributed by atoms with Crippen molar-refractivity contribution in [3.8, 4) is 0 Å². The number of anilines is 1. The molecule has 0 saturated carbocycles. The second-order valence-electron chi connectivity index (χ2n) is 3.24. The van der Waals surface area contributed by atoms with Crippen molar-refractivity contribution in [1.29, 1.82) is 0 Å². The summed E-state index contributed by atoms with van der Waals surface area (Å²) in [6.45, 7) is 1.86. The Morgan fingerprint density at radius 3 is 2.50 bits per heavy atom. The van der Waals surface area contributed by atoms with Crippen LogP contribution in [0.2, 0.25) is 0 Å². The van der Waals surface area contributed by atoms with Crippen molar-refractivity contribution < 1.29 is 0 Å². The van der Waals surface area contributed by atoms with E-state index < -0.39 is 0 Å². The molecule has 0 heterocycles. The minimum Gasteiger partial charge on any atom is -0.399 e. The van der Waals surface area contributed by atoms with Crippen LogP contribution in [0.5, 0.6) is 0 Å². The first-order chi connectivity index (χ1) is 6.52. The van der Waals surface area contributed by atoms with Gasteiger partial charge in [-0.25, -0.2) is 5.84 Å². The van der Waals surface area contributed by atoms with E-state index in [9.17, 15) is 0 Å². The molecule has 0 aliphatic carbocycles. The fourth-order valence-corrected chi connectivity index (χ4v) is 1.11. The molecule has 0 bridgehead atoms. The summed E-state index contributed by atoms with van der Waals surface area (Å²) in [4.78, 5) is 0. The van der Waals surface area contributed by atoms with E-state index in [1.807, 2.05) is 31.2 Å². The van der Waals surface area contributed by atoms with Crippen LogP contribution in [0.4, 0.5) is 5.69 Å². The van der Waals surface area contributed by atoms with Gasteiger partial charge in [0, 0.05) is 24.0 Å². The van der Waals surface area contributed by atoms with Gasteiger partial charge in [-0.05, 0) is 19.1 Å². The quantitative estimate of drug-likeness (QED) is 0.366. The zero-order valence-electron chi connectivity index (χ0n) is 8.49. The number of benzene rings is 1. The molecular formula is C10H16N4. The molecular weight excluding hydrogens is 176 g/mol. The summed E-state index contributed by atoms with van der Waals surface area (Å²) in [6.07, 6.45) is 0. The van der Waals surface area contributed by atoms with Gasteiger partial charge in [0.1, 0.15) is 0 Å². The summed E-state index contributed by atoms with van der Waals surface area (Å²) in [5.74, 6) is 5.58. The largest absolute Gasteiger partial charge is 0.399 e. The number of nitrogen functional groups attached to an aromatic ring is 1.